The summed E-state index contributed by atoms with van der Waals surface area (Å²) in [6.07, 6.45) is 0.952. The van der Waals surface area contributed by atoms with Gasteiger partial charge in [-0.1, -0.05) is 24.3 Å². The molecule has 0 atom stereocenters. The molecule has 0 spiro atoms. The average Bonchev–Trinajstić information content (AvgIpc) is 2.15. The maximum atomic E-state index is 10.2. The highest BCUT2D eigenvalue weighted by molar-refractivity contribution is 5.85. The molecule has 0 unspecified atom stereocenters. The molecule has 0 amide bonds. The van der Waals surface area contributed by atoms with Gasteiger partial charge >= 0.3 is 5.97 Å². The standard InChI is InChI=1S/C10H10O4/c11-9(12)6-3-7-1-4-8(5-2-7)10(13)14/h1-6,10,13-14H,(H,11,12)/b6-3+. The van der Waals surface area contributed by atoms with Crippen molar-refractivity contribution in [2.45, 2.75) is 6.29 Å². The van der Waals surface area contributed by atoms with Gasteiger partial charge in [-0.05, 0) is 11.6 Å². The molecule has 0 bridgehead atoms. The highest BCUT2D eigenvalue weighted by atomic mass is 16.5. The third-order valence-electron chi connectivity index (χ3n) is 1.65. The van der Waals surface area contributed by atoms with Crippen LogP contribution in [0.2, 0.25) is 0 Å². The molecule has 3 N–H and O–H groups in total. The van der Waals surface area contributed by atoms with E-state index in [1.54, 1.807) is 12.1 Å². The molecule has 1 rings (SSSR count). The van der Waals surface area contributed by atoms with E-state index in [-0.39, 0.29) is 0 Å². The fraction of sp³-hybridized carbons (Fsp3) is 0.100. The number of aliphatic hydroxyl groups excluding tert-OH is 1. The monoisotopic (exact) mass is 194 g/mol. The molecule has 0 aromatic heterocycles. The van der Waals surface area contributed by atoms with Crippen molar-refractivity contribution in [1.29, 1.82) is 0 Å². The minimum atomic E-state index is -1.49. The number of carboxylic acids is 1. The van der Waals surface area contributed by atoms with Crippen LogP contribution in [0, 0.1) is 0 Å². The van der Waals surface area contributed by atoms with Crippen LogP contribution in [0.5, 0.6) is 0 Å². The number of benzene rings is 1. The largest absolute Gasteiger partial charge is 0.478 e. The van der Waals surface area contributed by atoms with Gasteiger partial charge in [0.2, 0.25) is 0 Å². The van der Waals surface area contributed by atoms with E-state index in [4.69, 9.17) is 15.3 Å². The van der Waals surface area contributed by atoms with E-state index < -0.39 is 12.3 Å². The first-order chi connectivity index (χ1) is 6.59. The molecule has 14 heavy (non-hydrogen) atoms. The third-order valence-corrected chi connectivity index (χ3v) is 1.65. The first kappa shape index (κ1) is 10.4. The molecule has 0 saturated carbocycles. The van der Waals surface area contributed by atoms with Crippen LogP contribution in [0.25, 0.3) is 6.08 Å². The van der Waals surface area contributed by atoms with Gasteiger partial charge in [0.15, 0.2) is 6.29 Å². The van der Waals surface area contributed by atoms with Gasteiger partial charge in [0.1, 0.15) is 0 Å². The molecule has 0 heterocycles. The van der Waals surface area contributed by atoms with Crippen LogP contribution in [-0.4, -0.2) is 21.3 Å². The Morgan fingerprint density at radius 2 is 1.79 bits per heavy atom. The predicted octanol–water partition coefficient (Wildman–Crippen LogP) is 0.768. The lowest BCUT2D eigenvalue weighted by Gasteiger charge is -2.02. The summed E-state index contributed by atoms with van der Waals surface area (Å²) in [6, 6.07) is 6.25. The van der Waals surface area contributed by atoms with Crippen LogP contribution in [0.3, 0.4) is 0 Å². The van der Waals surface area contributed by atoms with Gasteiger partial charge in [-0.2, -0.15) is 0 Å². The van der Waals surface area contributed by atoms with Crippen molar-refractivity contribution in [3.05, 3.63) is 41.5 Å². The fourth-order valence-corrected chi connectivity index (χ4v) is 0.947. The smallest absolute Gasteiger partial charge is 0.328 e. The zero-order chi connectivity index (χ0) is 10.6. The van der Waals surface area contributed by atoms with Gasteiger partial charge in [0.25, 0.3) is 0 Å². The minimum absolute atomic E-state index is 0.373. The van der Waals surface area contributed by atoms with E-state index >= 15 is 0 Å². The number of hydrogen-bond donors (Lipinski definition) is 3. The van der Waals surface area contributed by atoms with E-state index in [0.717, 1.165) is 6.08 Å². The average molecular weight is 194 g/mol. The zero-order valence-corrected chi connectivity index (χ0v) is 7.29. The molecule has 1 aromatic rings. The zero-order valence-electron chi connectivity index (χ0n) is 7.29. The normalized spacial score (nSPS) is 11.1. The number of hydrogen-bond acceptors (Lipinski definition) is 3. The molecule has 4 nitrogen and oxygen atoms in total. The van der Waals surface area contributed by atoms with Crippen LogP contribution in [0.1, 0.15) is 17.4 Å². The summed E-state index contributed by atoms with van der Waals surface area (Å²) in [6.45, 7) is 0. The number of rotatable bonds is 3. The summed E-state index contributed by atoms with van der Waals surface area (Å²) in [7, 11) is 0. The van der Waals surface area contributed by atoms with Crippen LogP contribution in [0.4, 0.5) is 0 Å². The summed E-state index contributed by atoms with van der Waals surface area (Å²) in [4.78, 5) is 10.2. The van der Waals surface area contributed by atoms with Crippen molar-refractivity contribution in [1.82, 2.24) is 0 Å². The van der Waals surface area contributed by atoms with Crippen LogP contribution in [-0.2, 0) is 4.79 Å². The summed E-state index contributed by atoms with van der Waals surface area (Å²) >= 11 is 0. The Kier molecular flexibility index (Phi) is 3.39. The molecular weight excluding hydrogens is 184 g/mol. The predicted molar refractivity (Wildman–Crippen MR) is 50.3 cm³/mol. The molecule has 0 saturated heterocycles. The van der Waals surface area contributed by atoms with Crippen molar-refractivity contribution in [3.63, 3.8) is 0 Å². The highest BCUT2D eigenvalue weighted by Gasteiger charge is 2.00. The van der Waals surface area contributed by atoms with Crippen molar-refractivity contribution >= 4 is 12.0 Å². The van der Waals surface area contributed by atoms with Crippen molar-refractivity contribution in [2.75, 3.05) is 0 Å². The summed E-state index contributed by atoms with van der Waals surface area (Å²) in [5.41, 5.74) is 1.06. The Balaban J connectivity index is 2.78. The minimum Gasteiger partial charge on any atom is -0.478 e. The van der Waals surface area contributed by atoms with Gasteiger partial charge in [0, 0.05) is 11.6 Å². The summed E-state index contributed by atoms with van der Waals surface area (Å²) < 4.78 is 0. The molecule has 0 fully saturated rings. The van der Waals surface area contributed by atoms with E-state index in [1.807, 2.05) is 0 Å². The molecular formula is C10H10O4. The fourth-order valence-electron chi connectivity index (χ4n) is 0.947. The van der Waals surface area contributed by atoms with Gasteiger partial charge in [-0.25, -0.2) is 4.79 Å². The summed E-state index contributed by atoms with van der Waals surface area (Å²) in [5.74, 6) is -1.02. The first-order valence-electron chi connectivity index (χ1n) is 3.96. The number of carboxylic acid groups (broad SMARTS) is 1. The maximum Gasteiger partial charge on any atom is 0.328 e. The van der Waals surface area contributed by atoms with E-state index in [2.05, 4.69) is 0 Å². The van der Waals surface area contributed by atoms with Gasteiger partial charge in [0.05, 0.1) is 0 Å². The van der Waals surface area contributed by atoms with E-state index in [1.165, 1.54) is 18.2 Å². The molecule has 0 aliphatic rings. The Labute approximate surface area is 80.7 Å². The molecule has 4 heteroatoms. The van der Waals surface area contributed by atoms with E-state index in [0.29, 0.717) is 11.1 Å². The lowest BCUT2D eigenvalue weighted by Crippen LogP contribution is -1.93. The van der Waals surface area contributed by atoms with Crippen LogP contribution >= 0.6 is 0 Å². The summed E-state index contributed by atoms with van der Waals surface area (Å²) in [5, 5.41) is 25.9. The Morgan fingerprint density at radius 3 is 2.21 bits per heavy atom. The second-order valence-corrected chi connectivity index (χ2v) is 2.71. The number of aliphatic carboxylic acids is 1. The Morgan fingerprint density at radius 1 is 1.21 bits per heavy atom. The molecule has 0 radical (unpaired) electrons. The van der Waals surface area contributed by atoms with Crippen molar-refractivity contribution < 1.29 is 20.1 Å². The third kappa shape index (κ3) is 3.01. The molecule has 74 valence electrons. The lowest BCUT2D eigenvalue weighted by molar-refractivity contribution is -0.131. The van der Waals surface area contributed by atoms with E-state index in [9.17, 15) is 4.79 Å². The number of aliphatic hydroxyl groups is 2. The van der Waals surface area contributed by atoms with Gasteiger partial charge < -0.3 is 15.3 Å². The van der Waals surface area contributed by atoms with Crippen molar-refractivity contribution in [2.24, 2.45) is 0 Å². The van der Waals surface area contributed by atoms with Gasteiger partial charge in [-0.15, -0.1) is 0 Å². The van der Waals surface area contributed by atoms with Crippen LogP contribution in [0.15, 0.2) is 30.3 Å². The van der Waals surface area contributed by atoms with Gasteiger partial charge in [-0.3, -0.25) is 0 Å². The first-order valence-corrected chi connectivity index (χ1v) is 3.96. The highest BCUT2D eigenvalue weighted by Crippen LogP contribution is 2.11. The second kappa shape index (κ2) is 4.55. The molecule has 0 aliphatic heterocycles. The van der Waals surface area contributed by atoms with Crippen LogP contribution < -0.4 is 0 Å². The number of carbonyl (C=O) groups is 1. The van der Waals surface area contributed by atoms with Crippen molar-refractivity contribution in [3.8, 4) is 0 Å². The molecule has 1 aromatic carbocycles. The second-order valence-electron chi connectivity index (χ2n) is 2.71. The SMILES string of the molecule is O=C(O)/C=C/c1ccc(C(O)O)cc1. The maximum absolute atomic E-state index is 10.2. The quantitative estimate of drug-likeness (QED) is 0.490. The molecule has 0 aliphatic carbocycles. The lowest BCUT2D eigenvalue weighted by atomic mass is 10.1. The Bertz CT molecular complexity index is 338. The topological polar surface area (TPSA) is 77.8 Å². The Hall–Kier alpha value is -1.65.